The summed E-state index contributed by atoms with van der Waals surface area (Å²) in [6.45, 7) is 0. The van der Waals surface area contributed by atoms with Crippen molar-refractivity contribution in [2.45, 2.75) is 0 Å². The standard InChI is InChI=1S/C5H2N2O2/c8-5-6-3-1-2-9-4(3)7-5/h1-2H. The Bertz CT molecular complexity index is 330. The molecule has 9 heavy (non-hydrogen) atoms. The molecular weight excluding hydrogens is 120 g/mol. The van der Waals surface area contributed by atoms with Crippen molar-refractivity contribution in [3.63, 3.8) is 0 Å². The SMILES string of the molecule is O=C1N=c2ccoc2=N1. The van der Waals surface area contributed by atoms with E-state index in [0.29, 0.717) is 10.9 Å². The van der Waals surface area contributed by atoms with Gasteiger partial charge in [0.15, 0.2) is 0 Å². The summed E-state index contributed by atoms with van der Waals surface area (Å²) in [6, 6.07) is 1.12. The van der Waals surface area contributed by atoms with E-state index in [2.05, 4.69) is 9.98 Å². The Balaban J connectivity index is 3.01. The number of rotatable bonds is 0. The molecule has 0 atom stereocenters. The van der Waals surface area contributed by atoms with Gasteiger partial charge in [-0.15, -0.1) is 0 Å². The van der Waals surface area contributed by atoms with Crippen molar-refractivity contribution in [2.24, 2.45) is 9.98 Å². The van der Waals surface area contributed by atoms with Crippen molar-refractivity contribution in [2.75, 3.05) is 0 Å². The molecule has 1 aliphatic heterocycles. The molecule has 0 N–H and O–H groups in total. The zero-order chi connectivity index (χ0) is 6.27. The third kappa shape index (κ3) is 0.495. The average molecular weight is 122 g/mol. The number of carbonyl (C=O) groups excluding carboxylic acids is 1. The Kier molecular flexibility index (Phi) is 0.631. The lowest BCUT2D eigenvalue weighted by molar-refractivity contribution is 0.256. The van der Waals surface area contributed by atoms with Gasteiger partial charge in [-0.3, -0.25) is 0 Å². The normalized spacial score (nSPS) is 14.4. The first-order chi connectivity index (χ1) is 4.36. The van der Waals surface area contributed by atoms with Crippen molar-refractivity contribution in [1.82, 2.24) is 0 Å². The zero-order valence-corrected chi connectivity index (χ0v) is 4.37. The number of furan rings is 1. The Labute approximate surface area is 49.5 Å². The van der Waals surface area contributed by atoms with Crippen LogP contribution in [0.2, 0.25) is 0 Å². The van der Waals surface area contributed by atoms with E-state index in [-0.39, 0.29) is 0 Å². The van der Waals surface area contributed by atoms with Gasteiger partial charge in [0.1, 0.15) is 5.36 Å². The van der Waals surface area contributed by atoms with Crippen LogP contribution in [0, 0.1) is 0 Å². The highest BCUT2D eigenvalue weighted by Crippen LogP contribution is 1.83. The molecule has 44 valence electrons. The molecule has 0 radical (unpaired) electrons. The molecule has 2 heterocycles. The summed E-state index contributed by atoms with van der Waals surface area (Å²) in [6.07, 6.45) is 1.45. The van der Waals surface area contributed by atoms with Gasteiger partial charge in [0.25, 0.3) is 0 Å². The minimum Gasteiger partial charge on any atom is -0.445 e. The first kappa shape index (κ1) is 4.43. The number of nitrogens with zero attached hydrogens (tertiary/aromatic N) is 2. The molecule has 2 amide bonds. The maximum Gasteiger partial charge on any atom is 0.371 e. The molecule has 0 saturated heterocycles. The predicted molar refractivity (Wildman–Crippen MR) is 26.4 cm³/mol. The highest BCUT2D eigenvalue weighted by atomic mass is 16.3. The number of amides is 2. The quantitative estimate of drug-likeness (QED) is 0.472. The lowest BCUT2D eigenvalue weighted by atomic mass is 10.6. The minimum absolute atomic E-state index is 0.319. The third-order valence-corrected chi connectivity index (χ3v) is 1.04. The largest absolute Gasteiger partial charge is 0.445 e. The first-order valence-electron chi connectivity index (χ1n) is 2.41. The van der Waals surface area contributed by atoms with Crippen LogP contribution in [-0.4, -0.2) is 6.03 Å². The highest BCUT2D eigenvalue weighted by molar-refractivity contribution is 5.76. The van der Waals surface area contributed by atoms with Gasteiger partial charge in [-0.05, 0) is 0 Å². The Morgan fingerprint density at radius 1 is 1.44 bits per heavy atom. The molecule has 0 bridgehead atoms. The van der Waals surface area contributed by atoms with E-state index in [0.717, 1.165) is 0 Å². The van der Waals surface area contributed by atoms with Crippen LogP contribution in [0.3, 0.4) is 0 Å². The Morgan fingerprint density at radius 3 is 3.11 bits per heavy atom. The van der Waals surface area contributed by atoms with Crippen LogP contribution in [0.4, 0.5) is 4.79 Å². The topological polar surface area (TPSA) is 54.9 Å². The van der Waals surface area contributed by atoms with Gasteiger partial charge < -0.3 is 4.42 Å². The van der Waals surface area contributed by atoms with E-state index in [1.807, 2.05) is 0 Å². The highest BCUT2D eigenvalue weighted by Gasteiger charge is 2.04. The fourth-order valence-corrected chi connectivity index (χ4v) is 0.678. The average Bonchev–Trinajstić information content (AvgIpc) is 2.22. The molecule has 1 aliphatic rings. The van der Waals surface area contributed by atoms with Crippen LogP contribution in [-0.2, 0) is 0 Å². The second kappa shape index (κ2) is 1.28. The monoisotopic (exact) mass is 122 g/mol. The van der Waals surface area contributed by atoms with Gasteiger partial charge in [-0.2, -0.15) is 9.98 Å². The molecule has 0 spiro atoms. The molecule has 2 rings (SSSR count). The van der Waals surface area contributed by atoms with Crippen LogP contribution < -0.4 is 10.9 Å². The van der Waals surface area contributed by atoms with E-state index in [1.54, 1.807) is 6.07 Å². The molecule has 1 aromatic heterocycles. The van der Waals surface area contributed by atoms with Gasteiger partial charge in [0.2, 0.25) is 5.55 Å². The second-order valence-corrected chi connectivity index (χ2v) is 1.62. The van der Waals surface area contributed by atoms with Crippen molar-refractivity contribution in [3.05, 3.63) is 23.2 Å². The smallest absolute Gasteiger partial charge is 0.371 e. The maximum absolute atomic E-state index is 10.4. The Hall–Kier alpha value is -1.45. The van der Waals surface area contributed by atoms with Crippen molar-refractivity contribution >= 4 is 6.03 Å². The lowest BCUT2D eigenvalue weighted by Gasteiger charge is -1.66. The summed E-state index contributed by atoms with van der Waals surface area (Å²) in [5.41, 5.74) is 0.319. The van der Waals surface area contributed by atoms with E-state index in [1.165, 1.54) is 6.26 Å². The summed E-state index contributed by atoms with van der Waals surface area (Å²) in [7, 11) is 0. The summed E-state index contributed by atoms with van der Waals surface area (Å²) >= 11 is 0. The summed E-state index contributed by atoms with van der Waals surface area (Å²) in [4.78, 5) is 17.3. The lowest BCUT2D eigenvalue weighted by Crippen LogP contribution is -2.14. The minimum atomic E-state index is -0.482. The number of fused-ring (bicyclic) bond motifs is 1. The van der Waals surface area contributed by atoms with Crippen LogP contribution in [0.15, 0.2) is 26.7 Å². The summed E-state index contributed by atoms with van der Waals surface area (Å²) in [5.74, 6) is 0. The van der Waals surface area contributed by atoms with Gasteiger partial charge in [-0.25, -0.2) is 4.79 Å². The van der Waals surface area contributed by atoms with Crippen LogP contribution in [0.25, 0.3) is 0 Å². The second-order valence-electron chi connectivity index (χ2n) is 1.62. The summed E-state index contributed by atoms with van der Waals surface area (Å²) < 4.78 is 4.77. The number of hydrogen-bond acceptors (Lipinski definition) is 2. The third-order valence-electron chi connectivity index (χ3n) is 1.04. The van der Waals surface area contributed by atoms with Gasteiger partial charge >= 0.3 is 6.03 Å². The van der Waals surface area contributed by atoms with Crippen molar-refractivity contribution in [1.29, 1.82) is 0 Å². The molecular formula is C5H2N2O2. The van der Waals surface area contributed by atoms with Crippen LogP contribution >= 0.6 is 0 Å². The zero-order valence-electron chi connectivity index (χ0n) is 4.37. The van der Waals surface area contributed by atoms with Crippen LogP contribution in [0.1, 0.15) is 0 Å². The first-order valence-corrected chi connectivity index (χ1v) is 2.41. The number of urea groups is 1. The molecule has 1 aromatic rings. The van der Waals surface area contributed by atoms with Crippen molar-refractivity contribution < 1.29 is 9.21 Å². The number of hydrogen-bond donors (Lipinski definition) is 0. The molecule has 0 aliphatic carbocycles. The molecule has 4 heteroatoms. The molecule has 0 fully saturated rings. The summed E-state index contributed by atoms with van der Waals surface area (Å²) in [5, 5.41) is 0.528. The fraction of sp³-hybridized carbons (Fsp3) is 0. The van der Waals surface area contributed by atoms with E-state index in [9.17, 15) is 4.79 Å². The van der Waals surface area contributed by atoms with E-state index in [4.69, 9.17) is 4.42 Å². The molecule has 0 saturated carbocycles. The fourth-order valence-electron chi connectivity index (χ4n) is 0.678. The van der Waals surface area contributed by atoms with Crippen molar-refractivity contribution in [3.8, 4) is 0 Å². The van der Waals surface area contributed by atoms with Crippen LogP contribution in [0.5, 0.6) is 0 Å². The van der Waals surface area contributed by atoms with E-state index < -0.39 is 6.03 Å². The van der Waals surface area contributed by atoms with Gasteiger partial charge in [0.05, 0.1) is 6.26 Å². The Morgan fingerprint density at radius 2 is 2.33 bits per heavy atom. The number of carbonyl (C=O) groups is 1. The van der Waals surface area contributed by atoms with Gasteiger partial charge in [0, 0.05) is 6.07 Å². The maximum atomic E-state index is 10.4. The molecule has 0 unspecified atom stereocenters. The molecule has 0 aromatic carbocycles. The molecule has 4 nitrogen and oxygen atoms in total. The van der Waals surface area contributed by atoms with E-state index >= 15 is 0 Å². The van der Waals surface area contributed by atoms with Gasteiger partial charge in [-0.1, -0.05) is 0 Å². The predicted octanol–water partition coefficient (Wildman–Crippen LogP) is -0.348.